The molecule has 0 radical (unpaired) electrons. The maximum atomic E-state index is 12.9. The summed E-state index contributed by atoms with van der Waals surface area (Å²) in [4.78, 5) is 0.286. The highest BCUT2D eigenvalue weighted by atomic mass is 35.5. The molecule has 1 saturated heterocycles. The van der Waals surface area contributed by atoms with E-state index in [2.05, 4.69) is 5.32 Å². The normalized spacial score (nSPS) is 18.6. The second-order valence-electron chi connectivity index (χ2n) is 6.43. The standard InChI is InChI=1S/C19H23ClN2O3S/c1-21-13-15-5-4-12-22(14-15)26(23,24)17-10-8-16(9-11-17)25-19-7-3-2-6-18(19)20/h2-3,6-11,15,21H,4-5,12-14H2,1H3. The number of para-hydroxylation sites is 1. The zero-order valence-corrected chi connectivity index (χ0v) is 16.3. The largest absolute Gasteiger partial charge is 0.456 e. The van der Waals surface area contributed by atoms with E-state index < -0.39 is 10.0 Å². The first-order valence-corrected chi connectivity index (χ1v) is 10.5. The SMILES string of the molecule is CNCC1CCCN(S(=O)(=O)c2ccc(Oc3ccccc3Cl)cc2)C1. The van der Waals surface area contributed by atoms with Crippen molar-refractivity contribution in [2.45, 2.75) is 17.7 Å². The van der Waals surface area contributed by atoms with Gasteiger partial charge in [0.25, 0.3) is 0 Å². The summed E-state index contributed by atoms with van der Waals surface area (Å²) in [5.74, 6) is 1.44. The van der Waals surface area contributed by atoms with Crippen molar-refractivity contribution in [1.29, 1.82) is 0 Å². The number of piperidine rings is 1. The van der Waals surface area contributed by atoms with Crippen LogP contribution in [0.2, 0.25) is 5.02 Å². The van der Waals surface area contributed by atoms with Crippen molar-refractivity contribution in [3.63, 3.8) is 0 Å². The summed E-state index contributed by atoms with van der Waals surface area (Å²) >= 11 is 6.09. The fraction of sp³-hybridized carbons (Fsp3) is 0.368. The first-order chi connectivity index (χ1) is 12.5. The second kappa shape index (κ2) is 8.39. The highest BCUT2D eigenvalue weighted by Gasteiger charge is 2.29. The van der Waals surface area contributed by atoms with Crippen LogP contribution in [0.1, 0.15) is 12.8 Å². The van der Waals surface area contributed by atoms with E-state index >= 15 is 0 Å². The van der Waals surface area contributed by atoms with Gasteiger partial charge in [0.05, 0.1) is 9.92 Å². The van der Waals surface area contributed by atoms with Gasteiger partial charge in [-0.15, -0.1) is 0 Å². The number of nitrogens with zero attached hydrogens (tertiary/aromatic N) is 1. The molecular weight excluding hydrogens is 372 g/mol. The minimum absolute atomic E-state index is 0.286. The van der Waals surface area contributed by atoms with Gasteiger partial charge in [-0.2, -0.15) is 4.31 Å². The van der Waals surface area contributed by atoms with E-state index in [1.54, 1.807) is 40.7 Å². The maximum absolute atomic E-state index is 12.9. The summed E-state index contributed by atoms with van der Waals surface area (Å²) in [5, 5.41) is 3.64. The fourth-order valence-corrected chi connectivity index (χ4v) is 4.91. The molecule has 2 aromatic rings. The highest BCUT2D eigenvalue weighted by Crippen LogP contribution is 2.30. The van der Waals surface area contributed by atoms with Crippen LogP contribution in [0, 0.1) is 5.92 Å². The van der Waals surface area contributed by atoms with Crippen LogP contribution in [0.25, 0.3) is 0 Å². The first kappa shape index (κ1) is 19.2. The molecule has 0 bridgehead atoms. The van der Waals surface area contributed by atoms with E-state index in [0.29, 0.717) is 35.5 Å². The van der Waals surface area contributed by atoms with Crippen LogP contribution < -0.4 is 10.1 Å². The number of halogens is 1. The number of rotatable bonds is 6. The Morgan fingerprint density at radius 1 is 1.19 bits per heavy atom. The first-order valence-electron chi connectivity index (χ1n) is 8.68. The third-order valence-corrected chi connectivity index (χ3v) is 6.69. The molecular formula is C19H23ClN2O3S. The molecule has 140 valence electrons. The van der Waals surface area contributed by atoms with Gasteiger partial charge in [-0.25, -0.2) is 8.42 Å². The Bertz CT molecular complexity index is 838. The van der Waals surface area contributed by atoms with Crippen LogP contribution in [0.5, 0.6) is 11.5 Å². The summed E-state index contributed by atoms with van der Waals surface area (Å²) in [6, 6.07) is 13.7. The Morgan fingerprint density at radius 2 is 1.92 bits per heavy atom. The minimum atomic E-state index is -3.49. The smallest absolute Gasteiger partial charge is 0.243 e. The van der Waals surface area contributed by atoms with E-state index in [9.17, 15) is 8.42 Å². The molecule has 1 aliphatic rings. The van der Waals surface area contributed by atoms with E-state index in [-0.39, 0.29) is 4.90 Å². The van der Waals surface area contributed by atoms with Crippen LogP contribution >= 0.6 is 11.6 Å². The molecule has 5 nitrogen and oxygen atoms in total. The number of ether oxygens (including phenoxy) is 1. The molecule has 0 aliphatic carbocycles. The van der Waals surface area contributed by atoms with Crippen molar-refractivity contribution >= 4 is 21.6 Å². The lowest BCUT2D eigenvalue weighted by Crippen LogP contribution is -2.42. The molecule has 1 atom stereocenters. The molecule has 1 aliphatic heterocycles. The Kier molecular flexibility index (Phi) is 6.19. The van der Waals surface area contributed by atoms with Gasteiger partial charge < -0.3 is 10.1 Å². The van der Waals surface area contributed by atoms with Crippen LogP contribution in [0.15, 0.2) is 53.4 Å². The minimum Gasteiger partial charge on any atom is -0.456 e. The molecule has 1 unspecified atom stereocenters. The summed E-state index contributed by atoms with van der Waals surface area (Å²) in [6.07, 6.45) is 1.94. The molecule has 0 aromatic heterocycles. The Labute approximate surface area is 160 Å². The van der Waals surface area contributed by atoms with E-state index in [1.165, 1.54) is 0 Å². The lowest BCUT2D eigenvalue weighted by Gasteiger charge is -2.31. The number of benzene rings is 2. The topological polar surface area (TPSA) is 58.6 Å². The lowest BCUT2D eigenvalue weighted by atomic mass is 10.00. The van der Waals surface area contributed by atoms with Crippen molar-refractivity contribution in [3.8, 4) is 11.5 Å². The van der Waals surface area contributed by atoms with Gasteiger partial charge in [0.1, 0.15) is 11.5 Å². The van der Waals surface area contributed by atoms with Crippen molar-refractivity contribution in [2.24, 2.45) is 5.92 Å². The quantitative estimate of drug-likeness (QED) is 0.810. The molecule has 0 saturated carbocycles. The lowest BCUT2D eigenvalue weighted by molar-refractivity contribution is 0.263. The molecule has 26 heavy (non-hydrogen) atoms. The number of hydrogen-bond donors (Lipinski definition) is 1. The number of nitrogens with one attached hydrogen (secondary N) is 1. The monoisotopic (exact) mass is 394 g/mol. The fourth-order valence-electron chi connectivity index (χ4n) is 3.18. The van der Waals surface area contributed by atoms with Gasteiger partial charge in [-0.1, -0.05) is 23.7 Å². The third kappa shape index (κ3) is 4.38. The van der Waals surface area contributed by atoms with E-state index in [4.69, 9.17) is 16.3 Å². The average molecular weight is 395 g/mol. The van der Waals surface area contributed by atoms with E-state index in [0.717, 1.165) is 19.4 Å². The Morgan fingerprint density at radius 3 is 2.62 bits per heavy atom. The Balaban J connectivity index is 1.74. The van der Waals surface area contributed by atoms with Gasteiger partial charge in [-0.3, -0.25) is 0 Å². The molecule has 0 spiro atoms. The van der Waals surface area contributed by atoms with E-state index in [1.807, 2.05) is 19.2 Å². The highest BCUT2D eigenvalue weighted by molar-refractivity contribution is 7.89. The van der Waals surface area contributed by atoms with Crippen LogP contribution in [-0.2, 0) is 10.0 Å². The second-order valence-corrected chi connectivity index (χ2v) is 8.78. The maximum Gasteiger partial charge on any atom is 0.243 e. The average Bonchev–Trinajstić information content (AvgIpc) is 2.65. The Hall–Kier alpha value is -1.60. The van der Waals surface area contributed by atoms with Crippen molar-refractivity contribution < 1.29 is 13.2 Å². The van der Waals surface area contributed by atoms with Crippen molar-refractivity contribution in [1.82, 2.24) is 9.62 Å². The van der Waals surface area contributed by atoms with Gasteiger partial charge in [-0.05, 0) is 68.8 Å². The molecule has 2 aromatic carbocycles. The summed E-state index contributed by atoms with van der Waals surface area (Å²) in [5.41, 5.74) is 0. The third-order valence-electron chi connectivity index (χ3n) is 4.50. The summed E-state index contributed by atoms with van der Waals surface area (Å²) in [6.45, 7) is 1.96. The van der Waals surface area contributed by atoms with Crippen LogP contribution in [0.3, 0.4) is 0 Å². The van der Waals surface area contributed by atoms with Crippen molar-refractivity contribution in [3.05, 3.63) is 53.6 Å². The number of sulfonamides is 1. The number of hydrogen-bond acceptors (Lipinski definition) is 4. The molecule has 7 heteroatoms. The van der Waals surface area contributed by atoms with Gasteiger partial charge in [0.2, 0.25) is 10.0 Å². The summed E-state index contributed by atoms with van der Waals surface area (Å²) < 4.78 is 33.1. The zero-order valence-electron chi connectivity index (χ0n) is 14.7. The molecule has 0 amide bonds. The molecule has 1 N–H and O–H groups in total. The van der Waals surface area contributed by atoms with Crippen molar-refractivity contribution in [2.75, 3.05) is 26.7 Å². The molecule has 3 rings (SSSR count). The van der Waals surface area contributed by atoms with Crippen LogP contribution in [-0.4, -0.2) is 39.4 Å². The van der Waals surface area contributed by atoms with Crippen LogP contribution in [0.4, 0.5) is 0 Å². The van der Waals surface area contributed by atoms with Gasteiger partial charge in [0.15, 0.2) is 0 Å². The van der Waals surface area contributed by atoms with Gasteiger partial charge >= 0.3 is 0 Å². The zero-order chi connectivity index (χ0) is 18.6. The molecule has 1 heterocycles. The van der Waals surface area contributed by atoms with Gasteiger partial charge in [0, 0.05) is 13.1 Å². The predicted octanol–water partition coefficient (Wildman–Crippen LogP) is 3.75. The molecule has 1 fully saturated rings. The predicted molar refractivity (Wildman–Crippen MR) is 103 cm³/mol. The summed E-state index contributed by atoms with van der Waals surface area (Å²) in [7, 11) is -1.59.